The Kier molecular flexibility index (Phi) is 6.44. The normalized spacial score (nSPS) is 23.4. The summed E-state index contributed by atoms with van der Waals surface area (Å²) in [4.78, 5) is 11.6. The highest BCUT2D eigenvalue weighted by molar-refractivity contribution is 5.74. The highest BCUT2D eigenvalue weighted by Gasteiger charge is 2.27. The lowest BCUT2D eigenvalue weighted by molar-refractivity contribution is -0.139. The van der Waals surface area contributed by atoms with Crippen molar-refractivity contribution < 1.29 is 9.90 Å². The van der Waals surface area contributed by atoms with Crippen LogP contribution in [0.3, 0.4) is 0 Å². The average Bonchev–Trinajstić information content (AvgIpc) is 2.47. The van der Waals surface area contributed by atoms with Gasteiger partial charge in [0.1, 0.15) is 6.04 Å². The van der Waals surface area contributed by atoms with Gasteiger partial charge in [-0.25, -0.2) is 0 Å². The van der Waals surface area contributed by atoms with Crippen molar-refractivity contribution in [2.45, 2.75) is 64.5 Å². The van der Waals surface area contributed by atoms with E-state index in [0.717, 1.165) is 30.2 Å². The summed E-state index contributed by atoms with van der Waals surface area (Å²) in [6.45, 7) is 4.54. The van der Waals surface area contributed by atoms with Crippen molar-refractivity contribution in [1.82, 2.24) is 5.32 Å². The molecule has 0 spiro atoms. The molecule has 0 saturated heterocycles. The average molecular weight is 303 g/mol. The van der Waals surface area contributed by atoms with Gasteiger partial charge in [-0.15, -0.1) is 0 Å². The molecular formula is C19H29NO2. The van der Waals surface area contributed by atoms with E-state index in [1.807, 2.05) is 30.3 Å². The van der Waals surface area contributed by atoms with Gasteiger partial charge in [-0.2, -0.15) is 0 Å². The van der Waals surface area contributed by atoms with Crippen LogP contribution < -0.4 is 5.32 Å². The summed E-state index contributed by atoms with van der Waals surface area (Å²) in [5.41, 5.74) is 1.08. The molecule has 0 aromatic heterocycles. The molecule has 1 saturated carbocycles. The minimum Gasteiger partial charge on any atom is -0.480 e. The van der Waals surface area contributed by atoms with E-state index in [1.165, 1.54) is 19.3 Å². The first-order chi connectivity index (χ1) is 10.5. The molecule has 1 aliphatic rings. The fourth-order valence-corrected chi connectivity index (χ4v) is 3.67. The Morgan fingerprint density at radius 1 is 1.27 bits per heavy atom. The van der Waals surface area contributed by atoms with E-state index >= 15 is 0 Å². The van der Waals surface area contributed by atoms with Gasteiger partial charge in [0.05, 0.1) is 0 Å². The number of hydrogen-bond acceptors (Lipinski definition) is 2. The summed E-state index contributed by atoms with van der Waals surface area (Å²) in [5.74, 6) is 0.732. The van der Waals surface area contributed by atoms with Crippen molar-refractivity contribution in [3.63, 3.8) is 0 Å². The number of carbonyl (C=O) groups is 1. The fourth-order valence-electron chi connectivity index (χ4n) is 3.67. The molecule has 1 fully saturated rings. The lowest BCUT2D eigenvalue weighted by Crippen LogP contribution is -2.46. The Bertz CT molecular complexity index is 458. The second-order valence-corrected chi connectivity index (χ2v) is 7.11. The van der Waals surface area contributed by atoms with Gasteiger partial charge in [-0.1, -0.05) is 57.0 Å². The van der Waals surface area contributed by atoms with Crippen LogP contribution in [0.1, 0.15) is 51.5 Å². The Hall–Kier alpha value is -1.35. The molecular weight excluding hydrogens is 274 g/mol. The van der Waals surface area contributed by atoms with Crippen molar-refractivity contribution in [3.05, 3.63) is 35.9 Å². The molecule has 0 heterocycles. The maximum atomic E-state index is 11.6. The Labute approximate surface area is 134 Å². The zero-order chi connectivity index (χ0) is 15.9. The van der Waals surface area contributed by atoms with Gasteiger partial charge in [0.15, 0.2) is 0 Å². The van der Waals surface area contributed by atoms with Gasteiger partial charge in [-0.05, 0) is 43.1 Å². The number of aliphatic carboxylic acids is 1. The predicted molar refractivity (Wildman–Crippen MR) is 89.9 cm³/mol. The van der Waals surface area contributed by atoms with Crippen LogP contribution in [-0.2, 0) is 11.2 Å². The van der Waals surface area contributed by atoms with Gasteiger partial charge < -0.3 is 10.4 Å². The molecule has 1 aromatic rings. The van der Waals surface area contributed by atoms with Crippen LogP contribution in [0.25, 0.3) is 0 Å². The SMILES string of the molecule is CC(C)CC1CCCC(N[C@H](Cc2ccccc2)C(=O)O)C1. The van der Waals surface area contributed by atoms with Crippen molar-refractivity contribution in [2.24, 2.45) is 11.8 Å². The summed E-state index contributed by atoms with van der Waals surface area (Å²) in [6, 6.07) is 9.76. The molecule has 122 valence electrons. The minimum atomic E-state index is -0.741. The molecule has 3 nitrogen and oxygen atoms in total. The fraction of sp³-hybridized carbons (Fsp3) is 0.632. The monoisotopic (exact) mass is 303 g/mol. The number of carboxylic acid groups (broad SMARTS) is 1. The van der Waals surface area contributed by atoms with E-state index < -0.39 is 12.0 Å². The van der Waals surface area contributed by atoms with Crippen LogP contribution in [0, 0.1) is 11.8 Å². The third-order valence-electron chi connectivity index (χ3n) is 4.61. The first kappa shape index (κ1) is 17.0. The molecule has 2 rings (SSSR count). The quantitative estimate of drug-likeness (QED) is 0.803. The molecule has 0 bridgehead atoms. The first-order valence-electron chi connectivity index (χ1n) is 8.57. The van der Waals surface area contributed by atoms with Crippen molar-refractivity contribution in [2.75, 3.05) is 0 Å². The lowest BCUT2D eigenvalue weighted by atomic mass is 9.81. The molecule has 1 aromatic carbocycles. The Balaban J connectivity index is 1.91. The summed E-state index contributed by atoms with van der Waals surface area (Å²) in [7, 11) is 0. The van der Waals surface area contributed by atoms with E-state index in [1.54, 1.807) is 0 Å². The lowest BCUT2D eigenvalue weighted by Gasteiger charge is -2.32. The third-order valence-corrected chi connectivity index (χ3v) is 4.61. The van der Waals surface area contributed by atoms with Crippen LogP contribution in [0.5, 0.6) is 0 Å². The largest absolute Gasteiger partial charge is 0.480 e. The molecule has 0 amide bonds. The van der Waals surface area contributed by atoms with Gasteiger partial charge in [0.25, 0.3) is 0 Å². The molecule has 0 aliphatic heterocycles. The second-order valence-electron chi connectivity index (χ2n) is 7.11. The van der Waals surface area contributed by atoms with Crippen LogP contribution in [0.4, 0.5) is 0 Å². The Morgan fingerprint density at radius 3 is 2.64 bits per heavy atom. The Morgan fingerprint density at radius 2 is 2.00 bits per heavy atom. The minimum absolute atomic E-state index is 0.349. The third kappa shape index (κ3) is 5.45. The standard InChI is InChI=1S/C19H29NO2/c1-14(2)11-16-9-6-10-17(12-16)20-18(19(21)22)13-15-7-4-3-5-8-15/h3-5,7-8,14,16-18,20H,6,9-13H2,1-2H3,(H,21,22)/t16?,17?,18-/m1/s1. The molecule has 3 heteroatoms. The van der Waals surface area contributed by atoms with E-state index in [2.05, 4.69) is 19.2 Å². The zero-order valence-electron chi connectivity index (χ0n) is 13.8. The zero-order valence-corrected chi connectivity index (χ0v) is 13.8. The first-order valence-corrected chi connectivity index (χ1v) is 8.57. The van der Waals surface area contributed by atoms with Crippen molar-refractivity contribution in [1.29, 1.82) is 0 Å². The van der Waals surface area contributed by atoms with Gasteiger partial charge >= 0.3 is 5.97 Å². The topological polar surface area (TPSA) is 49.3 Å². The number of benzene rings is 1. The van der Waals surface area contributed by atoms with E-state index in [-0.39, 0.29) is 0 Å². The number of hydrogen-bond donors (Lipinski definition) is 2. The summed E-state index contributed by atoms with van der Waals surface area (Å²) < 4.78 is 0. The number of carboxylic acids is 1. The van der Waals surface area contributed by atoms with Crippen molar-refractivity contribution in [3.8, 4) is 0 Å². The molecule has 1 aliphatic carbocycles. The van der Waals surface area contributed by atoms with Gasteiger partial charge in [-0.3, -0.25) is 4.79 Å². The number of rotatable bonds is 7. The summed E-state index contributed by atoms with van der Waals surface area (Å²) >= 11 is 0. The predicted octanol–water partition coefficient (Wildman–Crippen LogP) is 3.88. The van der Waals surface area contributed by atoms with Gasteiger partial charge in [0, 0.05) is 6.04 Å². The van der Waals surface area contributed by atoms with E-state index in [0.29, 0.717) is 12.5 Å². The molecule has 3 atom stereocenters. The highest BCUT2D eigenvalue weighted by Crippen LogP contribution is 2.29. The summed E-state index contributed by atoms with van der Waals surface area (Å²) in [5, 5.41) is 12.9. The summed E-state index contributed by atoms with van der Waals surface area (Å²) in [6.07, 6.45) is 6.56. The molecule has 22 heavy (non-hydrogen) atoms. The van der Waals surface area contributed by atoms with E-state index in [9.17, 15) is 9.90 Å². The van der Waals surface area contributed by atoms with Crippen molar-refractivity contribution >= 4 is 5.97 Å². The van der Waals surface area contributed by atoms with Gasteiger partial charge in [0.2, 0.25) is 0 Å². The van der Waals surface area contributed by atoms with E-state index in [4.69, 9.17) is 0 Å². The number of nitrogens with one attached hydrogen (secondary N) is 1. The van der Waals surface area contributed by atoms with Crippen LogP contribution in [0.2, 0.25) is 0 Å². The van der Waals surface area contributed by atoms with Crippen LogP contribution in [0.15, 0.2) is 30.3 Å². The molecule has 2 N–H and O–H groups in total. The maximum absolute atomic E-state index is 11.6. The van der Waals surface area contributed by atoms with Crippen LogP contribution in [-0.4, -0.2) is 23.2 Å². The maximum Gasteiger partial charge on any atom is 0.321 e. The second kappa shape index (κ2) is 8.33. The van der Waals surface area contributed by atoms with Crippen LogP contribution >= 0.6 is 0 Å². The smallest absolute Gasteiger partial charge is 0.321 e. The molecule has 2 unspecified atom stereocenters. The highest BCUT2D eigenvalue weighted by atomic mass is 16.4. The molecule has 0 radical (unpaired) electrons.